The van der Waals surface area contributed by atoms with Crippen LogP contribution in [0, 0.1) is 5.92 Å². The predicted octanol–water partition coefficient (Wildman–Crippen LogP) is 4.87. The van der Waals surface area contributed by atoms with Gasteiger partial charge in [-0.15, -0.1) is 0 Å². The first kappa shape index (κ1) is 18.3. The molecule has 0 amide bonds. The van der Waals surface area contributed by atoms with E-state index in [1.54, 1.807) is 0 Å². The van der Waals surface area contributed by atoms with Gasteiger partial charge in [-0.1, -0.05) is 50.2 Å². The molecule has 0 aromatic heterocycles. The van der Waals surface area contributed by atoms with Gasteiger partial charge in [0.15, 0.2) is 0 Å². The van der Waals surface area contributed by atoms with Crippen molar-refractivity contribution in [2.24, 2.45) is 5.92 Å². The highest BCUT2D eigenvalue weighted by molar-refractivity contribution is 5.48. The molecule has 3 nitrogen and oxygen atoms in total. The third kappa shape index (κ3) is 6.63. The Morgan fingerprint density at radius 3 is 2.46 bits per heavy atom. The fourth-order valence-electron chi connectivity index (χ4n) is 2.46. The number of ether oxygens (including phenoxy) is 1. The molecule has 0 aliphatic heterocycles. The van der Waals surface area contributed by atoms with E-state index in [1.807, 2.05) is 18.2 Å². The molecule has 0 aliphatic carbocycles. The number of hydrogen-bond acceptors (Lipinski definition) is 3. The number of nitrogens with one attached hydrogen (secondary N) is 2. The molecule has 0 radical (unpaired) electrons. The molecule has 130 valence electrons. The van der Waals surface area contributed by atoms with Crippen molar-refractivity contribution in [1.29, 1.82) is 0 Å². The molecule has 0 spiro atoms. The van der Waals surface area contributed by atoms with Crippen LogP contribution < -0.4 is 15.4 Å². The highest BCUT2D eigenvalue weighted by Gasteiger charge is 2.03. The van der Waals surface area contributed by atoms with E-state index in [0.29, 0.717) is 12.0 Å². The Balaban J connectivity index is 1.70. The molecular weight excluding hydrogens is 296 g/mol. The zero-order chi connectivity index (χ0) is 17.2. The van der Waals surface area contributed by atoms with Crippen molar-refractivity contribution < 1.29 is 4.74 Å². The van der Waals surface area contributed by atoms with E-state index in [1.165, 1.54) is 5.56 Å². The van der Waals surface area contributed by atoms with Gasteiger partial charge in [-0.3, -0.25) is 0 Å². The normalized spacial score (nSPS) is 12.2. The minimum Gasteiger partial charge on any atom is -0.494 e. The molecule has 1 unspecified atom stereocenters. The summed E-state index contributed by atoms with van der Waals surface area (Å²) >= 11 is 0. The van der Waals surface area contributed by atoms with E-state index in [-0.39, 0.29) is 0 Å². The quantitative estimate of drug-likeness (QED) is 0.611. The van der Waals surface area contributed by atoms with Gasteiger partial charge in [-0.2, -0.15) is 0 Å². The third-order valence-corrected chi connectivity index (χ3v) is 4.00. The lowest BCUT2D eigenvalue weighted by Crippen LogP contribution is -2.25. The van der Waals surface area contributed by atoms with Crippen molar-refractivity contribution in [3.05, 3.63) is 60.2 Å². The average Bonchev–Trinajstić information content (AvgIpc) is 2.59. The molecule has 24 heavy (non-hydrogen) atoms. The van der Waals surface area contributed by atoms with Crippen LogP contribution in [0.25, 0.3) is 0 Å². The van der Waals surface area contributed by atoms with Crippen molar-refractivity contribution >= 4 is 5.69 Å². The van der Waals surface area contributed by atoms with Crippen molar-refractivity contribution in [2.75, 3.05) is 25.0 Å². The number of benzene rings is 2. The van der Waals surface area contributed by atoms with Crippen LogP contribution in [0.4, 0.5) is 5.69 Å². The summed E-state index contributed by atoms with van der Waals surface area (Å²) in [5, 5.41) is 6.99. The first-order valence-electron chi connectivity index (χ1n) is 8.90. The van der Waals surface area contributed by atoms with E-state index < -0.39 is 0 Å². The molecule has 0 saturated carbocycles. The molecule has 2 aromatic carbocycles. The lowest BCUT2D eigenvalue weighted by atomic mass is 10.1. The highest BCUT2D eigenvalue weighted by atomic mass is 16.5. The molecule has 0 fully saturated rings. The lowest BCUT2D eigenvalue weighted by molar-refractivity contribution is 0.289. The Morgan fingerprint density at radius 2 is 1.71 bits per heavy atom. The van der Waals surface area contributed by atoms with Crippen molar-refractivity contribution in [1.82, 2.24) is 5.32 Å². The largest absolute Gasteiger partial charge is 0.494 e. The number of hydrogen-bond donors (Lipinski definition) is 2. The molecule has 0 aliphatic rings. The average molecular weight is 326 g/mol. The number of anilines is 1. The monoisotopic (exact) mass is 326 g/mol. The summed E-state index contributed by atoms with van der Waals surface area (Å²) in [6.45, 7) is 9.19. The van der Waals surface area contributed by atoms with Crippen molar-refractivity contribution in [3.8, 4) is 5.75 Å². The van der Waals surface area contributed by atoms with Crippen LogP contribution >= 0.6 is 0 Å². The highest BCUT2D eigenvalue weighted by Crippen LogP contribution is 2.18. The Morgan fingerprint density at radius 1 is 0.917 bits per heavy atom. The van der Waals surface area contributed by atoms with Crippen LogP contribution in [-0.4, -0.2) is 19.7 Å². The van der Waals surface area contributed by atoms with Gasteiger partial charge in [0.05, 0.1) is 6.61 Å². The van der Waals surface area contributed by atoms with E-state index in [4.69, 9.17) is 4.74 Å². The SMILES string of the molecule is CC(C)CCOc1cccc(NCCNC(C)c2ccccc2)c1. The van der Waals surface area contributed by atoms with Gasteiger partial charge in [-0.25, -0.2) is 0 Å². The van der Waals surface area contributed by atoms with E-state index in [0.717, 1.165) is 37.6 Å². The standard InChI is InChI=1S/C21H30N2O/c1-17(2)12-15-24-21-11-7-10-20(16-21)23-14-13-22-18(3)19-8-5-4-6-9-19/h4-11,16-18,22-23H,12-15H2,1-3H3. The summed E-state index contributed by atoms with van der Waals surface area (Å²) in [6.07, 6.45) is 1.08. The molecule has 2 rings (SSSR count). The molecule has 2 aromatic rings. The topological polar surface area (TPSA) is 33.3 Å². The molecule has 3 heteroatoms. The predicted molar refractivity (Wildman–Crippen MR) is 103 cm³/mol. The fraction of sp³-hybridized carbons (Fsp3) is 0.429. The molecule has 1 atom stereocenters. The molecule has 2 N–H and O–H groups in total. The molecule has 0 saturated heterocycles. The summed E-state index contributed by atoms with van der Waals surface area (Å²) in [6, 6.07) is 19.1. The smallest absolute Gasteiger partial charge is 0.121 e. The van der Waals surface area contributed by atoms with Crippen LogP contribution in [0.1, 0.15) is 38.8 Å². The van der Waals surface area contributed by atoms with E-state index in [9.17, 15) is 0 Å². The summed E-state index contributed by atoms with van der Waals surface area (Å²) in [7, 11) is 0. The van der Waals surface area contributed by atoms with Gasteiger partial charge < -0.3 is 15.4 Å². The van der Waals surface area contributed by atoms with Gasteiger partial charge in [0.2, 0.25) is 0 Å². The van der Waals surface area contributed by atoms with Gasteiger partial charge in [-0.05, 0) is 37.0 Å². The van der Waals surface area contributed by atoms with Crippen LogP contribution in [0.5, 0.6) is 5.75 Å². The lowest BCUT2D eigenvalue weighted by Gasteiger charge is -2.15. The maximum absolute atomic E-state index is 5.80. The maximum Gasteiger partial charge on any atom is 0.121 e. The molecule has 0 bridgehead atoms. The summed E-state index contributed by atoms with van der Waals surface area (Å²) in [4.78, 5) is 0. The van der Waals surface area contributed by atoms with Gasteiger partial charge in [0, 0.05) is 30.9 Å². The number of rotatable bonds is 10. The minimum atomic E-state index is 0.360. The fourth-order valence-corrected chi connectivity index (χ4v) is 2.46. The summed E-state index contributed by atoms with van der Waals surface area (Å²) in [5.41, 5.74) is 2.42. The Labute approximate surface area is 146 Å². The first-order chi connectivity index (χ1) is 11.6. The zero-order valence-electron chi connectivity index (χ0n) is 15.1. The second-order valence-electron chi connectivity index (χ2n) is 6.57. The molecular formula is C21H30N2O. The van der Waals surface area contributed by atoms with Crippen LogP contribution in [-0.2, 0) is 0 Å². The molecule has 0 heterocycles. The second-order valence-corrected chi connectivity index (χ2v) is 6.57. The van der Waals surface area contributed by atoms with Crippen LogP contribution in [0.15, 0.2) is 54.6 Å². The summed E-state index contributed by atoms with van der Waals surface area (Å²) in [5.74, 6) is 1.61. The van der Waals surface area contributed by atoms with Crippen LogP contribution in [0.2, 0.25) is 0 Å². The third-order valence-electron chi connectivity index (χ3n) is 4.00. The van der Waals surface area contributed by atoms with Gasteiger partial charge in [0.25, 0.3) is 0 Å². The van der Waals surface area contributed by atoms with E-state index in [2.05, 4.69) is 67.8 Å². The summed E-state index contributed by atoms with van der Waals surface area (Å²) < 4.78 is 5.80. The van der Waals surface area contributed by atoms with Crippen molar-refractivity contribution in [3.63, 3.8) is 0 Å². The Hall–Kier alpha value is -2.00. The Kier molecular flexibility index (Phi) is 7.63. The first-order valence-corrected chi connectivity index (χ1v) is 8.90. The van der Waals surface area contributed by atoms with Crippen LogP contribution in [0.3, 0.4) is 0 Å². The van der Waals surface area contributed by atoms with Crippen molar-refractivity contribution in [2.45, 2.75) is 33.2 Å². The minimum absolute atomic E-state index is 0.360. The maximum atomic E-state index is 5.80. The Bertz CT molecular complexity index is 583. The zero-order valence-corrected chi connectivity index (χ0v) is 15.1. The van der Waals surface area contributed by atoms with Gasteiger partial charge in [0.1, 0.15) is 5.75 Å². The van der Waals surface area contributed by atoms with E-state index >= 15 is 0 Å². The van der Waals surface area contributed by atoms with Gasteiger partial charge >= 0.3 is 0 Å². The second kappa shape index (κ2) is 9.99.